The van der Waals surface area contributed by atoms with E-state index in [0.29, 0.717) is 22.3 Å². The molecule has 2 atom stereocenters. The number of nitriles is 1. The number of ether oxygens (including phenoxy) is 2. The fourth-order valence-electron chi connectivity index (χ4n) is 3.34. The highest BCUT2D eigenvalue weighted by Crippen LogP contribution is 2.39. The number of halogens is 6. The van der Waals surface area contributed by atoms with Crippen LogP contribution in [0, 0.1) is 11.3 Å². The summed E-state index contributed by atoms with van der Waals surface area (Å²) >= 11 is 0. The Labute approximate surface area is 184 Å². The van der Waals surface area contributed by atoms with Crippen LogP contribution in [0.15, 0.2) is 42.5 Å². The van der Waals surface area contributed by atoms with Gasteiger partial charge in [-0.3, -0.25) is 4.79 Å². The Morgan fingerprint density at radius 2 is 1.82 bits per heavy atom. The Balaban J connectivity index is 1.77. The summed E-state index contributed by atoms with van der Waals surface area (Å²) in [7, 11) is 0. The van der Waals surface area contributed by atoms with Gasteiger partial charge in [0.15, 0.2) is 0 Å². The van der Waals surface area contributed by atoms with Crippen LogP contribution in [-0.2, 0) is 22.1 Å². The first-order valence-corrected chi connectivity index (χ1v) is 9.48. The number of anilines is 1. The van der Waals surface area contributed by atoms with E-state index < -0.39 is 48.3 Å². The molecule has 176 valence electrons. The zero-order valence-electron chi connectivity index (χ0n) is 16.8. The minimum atomic E-state index is -4.92. The monoisotopic (exact) mass is 473 g/mol. The number of nitrogens with two attached hydrogens (primary N) is 1. The van der Waals surface area contributed by atoms with Crippen molar-refractivity contribution < 1.29 is 40.6 Å². The highest BCUT2D eigenvalue weighted by atomic mass is 19.4. The van der Waals surface area contributed by atoms with Gasteiger partial charge in [-0.2, -0.15) is 31.6 Å². The molecule has 12 heteroatoms. The molecule has 0 aromatic heterocycles. The van der Waals surface area contributed by atoms with Gasteiger partial charge in [-0.25, -0.2) is 0 Å². The Kier molecular flexibility index (Phi) is 6.73. The predicted octanol–water partition coefficient (Wildman–Crippen LogP) is 3.78. The normalized spacial score (nSPS) is 18.8. The van der Waals surface area contributed by atoms with Gasteiger partial charge >= 0.3 is 12.4 Å². The molecular formula is C21H17F6N3O3. The summed E-state index contributed by atoms with van der Waals surface area (Å²) in [6.07, 6.45) is -13.4. The van der Waals surface area contributed by atoms with Gasteiger partial charge in [-0.1, -0.05) is 12.1 Å². The summed E-state index contributed by atoms with van der Waals surface area (Å²) in [6.45, 7) is -0.701. The van der Waals surface area contributed by atoms with Crippen LogP contribution in [0.2, 0.25) is 0 Å². The van der Waals surface area contributed by atoms with Crippen molar-refractivity contribution in [2.24, 2.45) is 5.73 Å². The minimum Gasteiger partial charge on any atom is -0.491 e. The van der Waals surface area contributed by atoms with Crippen LogP contribution in [0.25, 0.3) is 0 Å². The number of hydrogen-bond donors (Lipinski definition) is 1. The third-order valence-corrected chi connectivity index (χ3v) is 4.78. The molecule has 6 nitrogen and oxygen atoms in total. The maximum absolute atomic E-state index is 13.5. The lowest BCUT2D eigenvalue weighted by molar-refractivity contribution is -0.215. The van der Waals surface area contributed by atoms with Gasteiger partial charge in [0, 0.05) is 5.69 Å². The molecule has 2 unspecified atom stereocenters. The van der Waals surface area contributed by atoms with Gasteiger partial charge < -0.3 is 20.1 Å². The number of alkyl halides is 6. The van der Waals surface area contributed by atoms with E-state index in [4.69, 9.17) is 20.5 Å². The lowest BCUT2D eigenvalue weighted by Crippen LogP contribution is -2.42. The average Bonchev–Trinajstić information content (AvgIpc) is 3.17. The molecule has 0 spiro atoms. The topological polar surface area (TPSA) is 88.6 Å². The molecular weight excluding hydrogens is 456 g/mol. The standard InChI is InChI=1S/C21H17F6N3O3/c22-20(23,24)17-8-14(4-3-13(17)9-28)30-10-16(33-19(30)21(25,26)27)11-32-15-5-1-12(2-6-15)7-18(29)31/h1-6,8,16,19H,7,10-11H2,(H2,29,31). The molecule has 1 saturated heterocycles. The molecule has 1 fully saturated rings. The molecule has 0 aliphatic carbocycles. The highest BCUT2D eigenvalue weighted by Gasteiger charge is 2.51. The number of primary amides is 1. The SMILES string of the molecule is N#Cc1ccc(N2CC(COc3ccc(CC(N)=O)cc3)OC2C(F)(F)F)cc1C(F)(F)F. The lowest BCUT2D eigenvalue weighted by Gasteiger charge is -2.27. The Morgan fingerprint density at radius 3 is 2.36 bits per heavy atom. The van der Waals surface area contributed by atoms with Gasteiger partial charge in [0.1, 0.15) is 18.5 Å². The summed E-state index contributed by atoms with van der Waals surface area (Å²) in [4.78, 5) is 11.6. The smallest absolute Gasteiger partial charge is 0.433 e. The first kappa shape index (κ1) is 24.2. The van der Waals surface area contributed by atoms with Gasteiger partial charge in [-0.05, 0) is 35.9 Å². The average molecular weight is 473 g/mol. The predicted molar refractivity (Wildman–Crippen MR) is 103 cm³/mol. The summed E-state index contributed by atoms with van der Waals surface area (Å²) in [5, 5.41) is 8.89. The third-order valence-electron chi connectivity index (χ3n) is 4.78. The summed E-state index contributed by atoms with van der Waals surface area (Å²) < 4.78 is 90.9. The second-order valence-corrected chi connectivity index (χ2v) is 7.24. The van der Waals surface area contributed by atoms with Crippen molar-refractivity contribution in [2.45, 2.75) is 31.1 Å². The minimum absolute atomic E-state index is 0.0126. The number of carbonyl (C=O) groups is 1. The van der Waals surface area contributed by atoms with Crippen LogP contribution in [0.1, 0.15) is 16.7 Å². The number of carbonyl (C=O) groups excluding carboxylic acids is 1. The lowest BCUT2D eigenvalue weighted by atomic mass is 10.1. The van der Waals surface area contributed by atoms with E-state index in [2.05, 4.69) is 0 Å². The molecule has 33 heavy (non-hydrogen) atoms. The van der Waals surface area contributed by atoms with E-state index in [9.17, 15) is 31.1 Å². The second-order valence-electron chi connectivity index (χ2n) is 7.24. The summed E-state index contributed by atoms with van der Waals surface area (Å²) in [6, 6.07) is 9.86. The van der Waals surface area contributed by atoms with Crippen LogP contribution < -0.4 is 15.4 Å². The Hall–Kier alpha value is -3.46. The zero-order valence-corrected chi connectivity index (χ0v) is 16.8. The van der Waals surface area contributed by atoms with Crippen molar-refractivity contribution >= 4 is 11.6 Å². The Morgan fingerprint density at radius 1 is 1.15 bits per heavy atom. The molecule has 0 saturated carbocycles. The summed E-state index contributed by atoms with van der Waals surface area (Å²) in [5.41, 5.74) is 3.30. The van der Waals surface area contributed by atoms with E-state index in [1.54, 1.807) is 12.1 Å². The molecule has 2 N–H and O–H groups in total. The number of benzene rings is 2. The fraction of sp³-hybridized carbons (Fsp3) is 0.333. The molecule has 3 rings (SSSR count). The maximum Gasteiger partial charge on any atom is 0.433 e. The van der Waals surface area contributed by atoms with Crippen molar-refractivity contribution in [3.05, 3.63) is 59.2 Å². The van der Waals surface area contributed by atoms with Gasteiger partial charge in [0.05, 0.1) is 30.2 Å². The third kappa shape index (κ3) is 5.87. The van der Waals surface area contributed by atoms with Crippen LogP contribution in [0.5, 0.6) is 5.75 Å². The number of amides is 1. The number of nitrogens with zero attached hydrogens (tertiary/aromatic N) is 2. The van der Waals surface area contributed by atoms with Crippen molar-refractivity contribution in [3.63, 3.8) is 0 Å². The number of rotatable bonds is 6. The van der Waals surface area contributed by atoms with Gasteiger partial charge in [0.25, 0.3) is 0 Å². The van der Waals surface area contributed by atoms with Crippen molar-refractivity contribution in [3.8, 4) is 11.8 Å². The molecule has 1 amide bonds. The van der Waals surface area contributed by atoms with E-state index in [1.807, 2.05) is 0 Å². The molecule has 2 aromatic rings. The number of hydrogen-bond acceptors (Lipinski definition) is 5. The molecule has 1 aliphatic heterocycles. The largest absolute Gasteiger partial charge is 0.491 e. The van der Waals surface area contributed by atoms with Crippen molar-refractivity contribution in [2.75, 3.05) is 18.1 Å². The summed E-state index contributed by atoms with van der Waals surface area (Å²) in [5.74, 6) is -0.232. The molecule has 0 radical (unpaired) electrons. The fourth-order valence-corrected chi connectivity index (χ4v) is 3.34. The molecule has 1 aliphatic rings. The quantitative estimate of drug-likeness (QED) is 0.646. The highest BCUT2D eigenvalue weighted by molar-refractivity contribution is 5.76. The molecule has 0 bridgehead atoms. The van der Waals surface area contributed by atoms with Crippen molar-refractivity contribution in [1.29, 1.82) is 5.26 Å². The van der Waals surface area contributed by atoms with E-state index in [0.717, 1.165) is 12.1 Å². The molecule has 2 aromatic carbocycles. The van der Waals surface area contributed by atoms with Crippen molar-refractivity contribution in [1.82, 2.24) is 0 Å². The maximum atomic E-state index is 13.5. The Bertz CT molecular complexity index is 1050. The van der Waals surface area contributed by atoms with Crippen LogP contribution in [0.4, 0.5) is 32.0 Å². The van der Waals surface area contributed by atoms with E-state index >= 15 is 0 Å². The van der Waals surface area contributed by atoms with Gasteiger partial charge in [-0.15, -0.1) is 0 Å². The van der Waals surface area contributed by atoms with Crippen LogP contribution in [-0.4, -0.2) is 37.6 Å². The molecule has 1 heterocycles. The zero-order chi connectivity index (χ0) is 24.4. The first-order valence-electron chi connectivity index (χ1n) is 9.48. The first-order chi connectivity index (χ1) is 15.4. The van der Waals surface area contributed by atoms with Crippen LogP contribution >= 0.6 is 0 Å². The van der Waals surface area contributed by atoms with E-state index in [1.165, 1.54) is 18.2 Å². The van der Waals surface area contributed by atoms with E-state index in [-0.39, 0.29) is 18.7 Å². The van der Waals surface area contributed by atoms with Crippen LogP contribution in [0.3, 0.4) is 0 Å². The van der Waals surface area contributed by atoms with Gasteiger partial charge in [0.2, 0.25) is 12.1 Å². The second kappa shape index (κ2) is 9.19.